The van der Waals surface area contributed by atoms with Gasteiger partial charge in [-0.1, -0.05) is 11.6 Å². The van der Waals surface area contributed by atoms with Crippen molar-refractivity contribution in [1.29, 1.82) is 0 Å². The second kappa shape index (κ2) is 7.55. The Labute approximate surface area is 139 Å². The van der Waals surface area contributed by atoms with E-state index >= 15 is 0 Å². The lowest BCUT2D eigenvalue weighted by Crippen LogP contribution is -2.50. The SMILES string of the molecule is O=[N+]([O-])c1ccc(Cl)cc1C(N1CCOCC1)N1CCOCC1. The molecule has 3 rings (SSSR count). The summed E-state index contributed by atoms with van der Waals surface area (Å²) in [5.74, 6) is 0. The summed E-state index contributed by atoms with van der Waals surface area (Å²) in [7, 11) is 0. The van der Waals surface area contributed by atoms with Gasteiger partial charge >= 0.3 is 0 Å². The van der Waals surface area contributed by atoms with Gasteiger partial charge in [0.2, 0.25) is 0 Å². The molecule has 1 aromatic carbocycles. The number of nitrogens with zero attached hydrogens (tertiary/aromatic N) is 3. The lowest BCUT2D eigenvalue weighted by Gasteiger charge is -2.42. The number of hydrogen-bond donors (Lipinski definition) is 0. The van der Waals surface area contributed by atoms with Crippen LogP contribution < -0.4 is 0 Å². The number of ether oxygens (including phenoxy) is 2. The molecule has 2 saturated heterocycles. The van der Waals surface area contributed by atoms with E-state index in [-0.39, 0.29) is 16.8 Å². The maximum atomic E-state index is 11.5. The third-order valence-electron chi connectivity index (χ3n) is 4.25. The first kappa shape index (κ1) is 16.6. The first-order valence-electron chi connectivity index (χ1n) is 7.74. The zero-order valence-corrected chi connectivity index (χ0v) is 13.6. The second-order valence-corrected chi connectivity index (χ2v) is 6.07. The molecule has 2 fully saturated rings. The molecule has 0 unspecified atom stereocenters. The molecule has 0 radical (unpaired) electrons. The summed E-state index contributed by atoms with van der Waals surface area (Å²) in [5, 5.41) is 12.0. The molecular weight excluding hydrogens is 322 g/mol. The van der Waals surface area contributed by atoms with E-state index in [0.717, 1.165) is 26.2 Å². The summed E-state index contributed by atoms with van der Waals surface area (Å²) in [6.45, 7) is 5.50. The number of benzene rings is 1. The summed E-state index contributed by atoms with van der Waals surface area (Å²) in [6.07, 6.45) is -0.179. The van der Waals surface area contributed by atoms with Crippen molar-refractivity contribution in [1.82, 2.24) is 9.80 Å². The van der Waals surface area contributed by atoms with Crippen LogP contribution in [0.4, 0.5) is 5.69 Å². The van der Waals surface area contributed by atoms with Gasteiger partial charge in [-0.3, -0.25) is 19.9 Å². The smallest absolute Gasteiger partial charge is 0.275 e. The van der Waals surface area contributed by atoms with Gasteiger partial charge < -0.3 is 9.47 Å². The van der Waals surface area contributed by atoms with Gasteiger partial charge in [-0.2, -0.15) is 0 Å². The van der Waals surface area contributed by atoms with E-state index in [0.29, 0.717) is 37.0 Å². The van der Waals surface area contributed by atoms with Crippen LogP contribution in [0.5, 0.6) is 0 Å². The highest BCUT2D eigenvalue weighted by Gasteiger charge is 2.34. The van der Waals surface area contributed by atoms with Crippen LogP contribution in [0, 0.1) is 10.1 Å². The minimum absolute atomic E-state index is 0.109. The minimum Gasteiger partial charge on any atom is -0.379 e. The normalized spacial score (nSPS) is 20.8. The quantitative estimate of drug-likeness (QED) is 0.615. The topological polar surface area (TPSA) is 68.1 Å². The number of morpholine rings is 2. The van der Waals surface area contributed by atoms with Crippen LogP contribution in [-0.2, 0) is 9.47 Å². The van der Waals surface area contributed by atoms with Gasteiger partial charge in [0.1, 0.15) is 0 Å². The third kappa shape index (κ3) is 3.81. The van der Waals surface area contributed by atoms with E-state index in [1.807, 2.05) is 0 Å². The molecule has 7 nitrogen and oxygen atoms in total. The fourth-order valence-electron chi connectivity index (χ4n) is 3.17. The van der Waals surface area contributed by atoms with Crippen molar-refractivity contribution in [3.8, 4) is 0 Å². The van der Waals surface area contributed by atoms with Gasteiger partial charge in [0.05, 0.1) is 43.1 Å². The summed E-state index contributed by atoms with van der Waals surface area (Å²) in [4.78, 5) is 15.6. The van der Waals surface area contributed by atoms with Gasteiger partial charge in [0, 0.05) is 37.3 Å². The summed E-state index contributed by atoms with van der Waals surface area (Å²) in [6, 6.07) is 4.78. The molecule has 0 aliphatic carbocycles. The molecule has 0 aromatic heterocycles. The van der Waals surface area contributed by atoms with Crippen LogP contribution >= 0.6 is 11.6 Å². The fraction of sp³-hybridized carbons (Fsp3) is 0.600. The standard InChI is InChI=1S/C15H20ClN3O4/c16-12-1-2-14(19(20)21)13(11-12)15(17-3-7-22-8-4-17)18-5-9-23-10-6-18/h1-2,11,15H,3-10H2. The first-order chi connectivity index (χ1) is 11.2. The minimum atomic E-state index is -0.334. The van der Waals surface area contributed by atoms with E-state index in [4.69, 9.17) is 21.1 Å². The number of hydrogen-bond acceptors (Lipinski definition) is 6. The average Bonchev–Trinajstić information content (AvgIpc) is 2.57. The Morgan fingerprint density at radius 2 is 1.57 bits per heavy atom. The number of halogens is 1. The van der Waals surface area contributed by atoms with Gasteiger partial charge in [0.25, 0.3) is 5.69 Å². The van der Waals surface area contributed by atoms with Crippen LogP contribution in [0.15, 0.2) is 18.2 Å². The molecule has 126 valence electrons. The van der Waals surface area contributed by atoms with Crippen molar-refractivity contribution >= 4 is 17.3 Å². The molecule has 0 N–H and O–H groups in total. The van der Waals surface area contributed by atoms with Crippen molar-refractivity contribution in [2.75, 3.05) is 52.6 Å². The Bertz CT molecular complexity index is 542. The Balaban J connectivity index is 1.99. The van der Waals surface area contributed by atoms with Gasteiger partial charge in [-0.25, -0.2) is 0 Å². The molecule has 2 aliphatic rings. The largest absolute Gasteiger partial charge is 0.379 e. The van der Waals surface area contributed by atoms with E-state index in [1.165, 1.54) is 6.07 Å². The molecule has 1 aromatic rings. The maximum Gasteiger partial charge on any atom is 0.275 e. The maximum absolute atomic E-state index is 11.5. The van der Waals surface area contributed by atoms with Crippen LogP contribution in [0.2, 0.25) is 5.02 Å². The molecular formula is C15H20ClN3O4. The third-order valence-corrected chi connectivity index (χ3v) is 4.48. The molecule has 2 aliphatic heterocycles. The van der Waals surface area contributed by atoms with E-state index < -0.39 is 0 Å². The zero-order valence-electron chi connectivity index (χ0n) is 12.8. The van der Waals surface area contributed by atoms with Crippen LogP contribution in [-0.4, -0.2) is 67.3 Å². The van der Waals surface area contributed by atoms with E-state index in [1.54, 1.807) is 12.1 Å². The Morgan fingerprint density at radius 3 is 2.04 bits per heavy atom. The lowest BCUT2D eigenvalue weighted by molar-refractivity contribution is -0.386. The van der Waals surface area contributed by atoms with Crippen molar-refractivity contribution in [3.63, 3.8) is 0 Å². The summed E-state index contributed by atoms with van der Waals surface area (Å²) < 4.78 is 10.9. The molecule has 0 bridgehead atoms. The summed E-state index contributed by atoms with van der Waals surface area (Å²) in [5.41, 5.74) is 0.753. The number of rotatable bonds is 4. The Morgan fingerprint density at radius 1 is 1.04 bits per heavy atom. The zero-order chi connectivity index (χ0) is 16.2. The second-order valence-electron chi connectivity index (χ2n) is 5.63. The predicted octanol–water partition coefficient (Wildman–Crippen LogP) is 1.91. The highest BCUT2D eigenvalue weighted by atomic mass is 35.5. The predicted molar refractivity (Wildman–Crippen MR) is 85.6 cm³/mol. The molecule has 8 heteroatoms. The molecule has 2 heterocycles. The monoisotopic (exact) mass is 341 g/mol. The molecule has 0 atom stereocenters. The van der Waals surface area contributed by atoms with Gasteiger partial charge in [-0.15, -0.1) is 0 Å². The Hall–Kier alpha value is -1.25. The number of nitro groups is 1. The molecule has 0 spiro atoms. The van der Waals surface area contributed by atoms with Crippen molar-refractivity contribution < 1.29 is 14.4 Å². The van der Waals surface area contributed by atoms with Gasteiger partial charge in [-0.05, 0) is 12.1 Å². The molecule has 0 amide bonds. The van der Waals surface area contributed by atoms with Crippen molar-refractivity contribution in [3.05, 3.63) is 38.9 Å². The first-order valence-corrected chi connectivity index (χ1v) is 8.12. The fourth-order valence-corrected chi connectivity index (χ4v) is 3.35. The lowest BCUT2D eigenvalue weighted by atomic mass is 10.1. The van der Waals surface area contributed by atoms with Crippen molar-refractivity contribution in [2.24, 2.45) is 0 Å². The highest BCUT2D eigenvalue weighted by molar-refractivity contribution is 6.30. The van der Waals surface area contributed by atoms with Crippen LogP contribution in [0.25, 0.3) is 0 Å². The summed E-state index contributed by atoms with van der Waals surface area (Å²) >= 11 is 6.13. The van der Waals surface area contributed by atoms with E-state index in [9.17, 15) is 10.1 Å². The van der Waals surface area contributed by atoms with Gasteiger partial charge in [0.15, 0.2) is 0 Å². The highest BCUT2D eigenvalue weighted by Crippen LogP contribution is 2.35. The van der Waals surface area contributed by atoms with Crippen LogP contribution in [0.1, 0.15) is 11.7 Å². The van der Waals surface area contributed by atoms with Crippen molar-refractivity contribution in [2.45, 2.75) is 6.17 Å². The average molecular weight is 342 g/mol. The molecule has 0 saturated carbocycles. The molecule has 23 heavy (non-hydrogen) atoms. The Kier molecular flexibility index (Phi) is 5.45. The van der Waals surface area contributed by atoms with Crippen LogP contribution in [0.3, 0.4) is 0 Å². The number of nitro benzene ring substituents is 1. The van der Waals surface area contributed by atoms with E-state index in [2.05, 4.69) is 9.80 Å².